The molecule has 0 amide bonds. The van der Waals surface area contributed by atoms with Gasteiger partial charge in [-0.15, -0.1) is 11.8 Å². The molecule has 0 spiro atoms. The Morgan fingerprint density at radius 1 is 1.14 bits per heavy atom. The Bertz CT molecular complexity index is 734. The van der Waals surface area contributed by atoms with Gasteiger partial charge in [0.05, 0.1) is 5.69 Å². The first-order valence-corrected chi connectivity index (χ1v) is 8.80. The van der Waals surface area contributed by atoms with Gasteiger partial charge >= 0.3 is 0 Å². The molecule has 5 heteroatoms. The van der Waals surface area contributed by atoms with E-state index >= 15 is 0 Å². The molecule has 1 saturated heterocycles. The number of rotatable bonds is 1. The molecule has 0 aromatic heterocycles. The highest BCUT2D eigenvalue weighted by atomic mass is 35.5. The molecule has 2 aromatic carbocycles. The molecule has 0 radical (unpaired) electrons. The Balaban J connectivity index is 1.90. The van der Waals surface area contributed by atoms with Gasteiger partial charge in [0.15, 0.2) is 0 Å². The molecule has 4 rings (SSSR count). The summed E-state index contributed by atoms with van der Waals surface area (Å²) in [7, 11) is 0. The van der Waals surface area contributed by atoms with Crippen LogP contribution in [-0.4, -0.2) is 9.71 Å². The number of thioether (sulfide) groups is 1. The van der Waals surface area contributed by atoms with Crippen molar-refractivity contribution in [3.05, 3.63) is 59.9 Å². The molecular weight excluding hydrogens is 340 g/mol. The molecule has 0 saturated carbocycles. The van der Waals surface area contributed by atoms with Crippen LogP contribution in [0.3, 0.4) is 0 Å². The summed E-state index contributed by atoms with van der Waals surface area (Å²) in [6.07, 6.45) is 0.810. The molecule has 2 aromatic rings. The third kappa shape index (κ3) is 1.85. The van der Waals surface area contributed by atoms with Crippen LogP contribution in [0.4, 0.5) is 10.1 Å². The van der Waals surface area contributed by atoms with E-state index in [9.17, 15) is 4.39 Å². The molecule has 2 aliphatic rings. The molecule has 0 aliphatic carbocycles. The Morgan fingerprint density at radius 3 is 2.55 bits per heavy atom. The van der Waals surface area contributed by atoms with Crippen molar-refractivity contribution in [3.63, 3.8) is 0 Å². The Morgan fingerprint density at radius 2 is 1.82 bits per heavy atom. The molecule has 2 unspecified atom stereocenters. The second-order valence-corrected chi connectivity index (χ2v) is 8.61. The summed E-state index contributed by atoms with van der Waals surface area (Å²) in [4.78, 5) is 3.24. The molecule has 114 valence electrons. The second kappa shape index (κ2) is 4.80. The fraction of sp³-hybridized carbons (Fsp3) is 0.294. The third-order valence-corrected chi connectivity index (χ3v) is 6.58. The highest BCUT2D eigenvalue weighted by Gasteiger charge is 2.76. The normalized spacial score (nSPS) is 28.5. The summed E-state index contributed by atoms with van der Waals surface area (Å²) in [6.45, 7) is 2.18. The zero-order valence-electron chi connectivity index (χ0n) is 11.9. The zero-order chi connectivity index (χ0) is 15.5. The van der Waals surface area contributed by atoms with Gasteiger partial charge in [-0.05, 0) is 36.2 Å². The third-order valence-electron chi connectivity index (χ3n) is 4.45. The zero-order valence-corrected chi connectivity index (χ0v) is 14.2. The summed E-state index contributed by atoms with van der Waals surface area (Å²) in [5.74, 6) is -0.251. The van der Waals surface area contributed by atoms with Crippen molar-refractivity contribution in [1.29, 1.82) is 0 Å². The van der Waals surface area contributed by atoms with E-state index in [1.54, 1.807) is 12.1 Å². The molecule has 1 fully saturated rings. The van der Waals surface area contributed by atoms with Crippen molar-refractivity contribution in [3.8, 4) is 0 Å². The van der Waals surface area contributed by atoms with E-state index in [-0.39, 0.29) is 5.82 Å². The number of fused-ring (bicyclic) bond motifs is 3. The fourth-order valence-corrected chi connectivity index (χ4v) is 5.60. The quantitative estimate of drug-likeness (QED) is 0.375. The van der Waals surface area contributed by atoms with Crippen molar-refractivity contribution in [2.45, 2.75) is 33.5 Å². The average Bonchev–Trinajstić information content (AvgIpc) is 3.01. The van der Waals surface area contributed by atoms with Crippen LogP contribution < -0.4 is 4.90 Å². The summed E-state index contributed by atoms with van der Waals surface area (Å²) in [5.41, 5.74) is 1.51. The number of benzene rings is 2. The molecule has 2 heterocycles. The van der Waals surface area contributed by atoms with Gasteiger partial charge in [0, 0.05) is 10.1 Å². The number of nitrogens with zero attached hydrogens (tertiary/aromatic N) is 1. The van der Waals surface area contributed by atoms with Gasteiger partial charge in [-0.1, -0.05) is 54.4 Å². The fourth-order valence-electron chi connectivity index (χ4n) is 3.48. The van der Waals surface area contributed by atoms with Crippen LogP contribution in [-0.2, 0) is 5.54 Å². The van der Waals surface area contributed by atoms with E-state index in [2.05, 4.69) is 17.9 Å². The highest BCUT2D eigenvalue weighted by molar-refractivity contribution is 8.00. The van der Waals surface area contributed by atoms with Crippen LogP contribution >= 0.6 is 35.0 Å². The van der Waals surface area contributed by atoms with Crippen LogP contribution in [0.15, 0.2) is 53.4 Å². The van der Waals surface area contributed by atoms with Crippen molar-refractivity contribution in [1.82, 2.24) is 0 Å². The Labute approximate surface area is 143 Å². The predicted octanol–water partition coefficient (Wildman–Crippen LogP) is 5.56. The van der Waals surface area contributed by atoms with Crippen LogP contribution in [0.5, 0.6) is 0 Å². The van der Waals surface area contributed by atoms with Gasteiger partial charge in [0.1, 0.15) is 11.4 Å². The smallest absolute Gasteiger partial charge is 0.219 e. The van der Waals surface area contributed by atoms with E-state index in [1.807, 2.05) is 30.0 Å². The van der Waals surface area contributed by atoms with Crippen molar-refractivity contribution in [2.75, 3.05) is 4.90 Å². The molecule has 2 atom stereocenters. The van der Waals surface area contributed by atoms with Gasteiger partial charge in [-0.3, -0.25) is 0 Å². The minimum Gasteiger partial charge on any atom is -0.322 e. The summed E-state index contributed by atoms with van der Waals surface area (Å²) >= 11 is 15.2. The molecule has 1 nitrogen and oxygen atoms in total. The minimum absolute atomic E-state index is 0.251. The van der Waals surface area contributed by atoms with Gasteiger partial charge < -0.3 is 4.90 Å². The molecular formula is C17H14Cl2FNS. The topological polar surface area (TPSA) is 3.01 Å². The lowest BCUT2D eigenvalue weighted by Gasteiger charge is -2.19. The van der Waals surface area contributed by atoms with E-state index in [4.69, 9.17) is 23.2 Å². The first-order chi connectivity index (χ1) is 10.5. The molecule has 22 heavy (non-hydrogen) atoms. The van der Waals surface area contributed by atoms with Crippen LogP contribution in [0.1, 0.15) is 18.9 Å². The SMILES string of the molecule is CC1CC2(c3ccc(F)cc3)N(c3ccccc3S1)C2(Cl)Cl. The number of para-hydroxylation sites is 1. The van der Waals surface area contributed by atoms with Crippen molar-refractivity contribution >= 4 is 40.7 Å². The van der Waals surface area contributed by atoms with Crippen molar-refractivity contribution < 1.29 is 4.39 Å². The number of hydrogen-bond donors (Lipinski definition) is 0. The lowest BCUT2D eigenvalue weighted by molar-refractivity contribution is 0.600. The minimum atomic E-state index is -1.00. The maximum Gasteiger partial charge on any atom is 0.219 e. The van der Waals surface area contributed by atoms with Crippen LogP contribution in [0.25, 0.3) is 0 Å². The standard InChI is InChI=1S/C17H14Cl2FNS/c1-11-10-16(12-6-8-13(20)9-7-12)17(18,19)21(16)14-4-2-3-5-15(14)22-11/h2-9,11H,10H2,1H3. The first-order valence-electron chi connectivity index (χ1n) is 7.17. The van der Waals surface area contributed by atoms with E-state index in [0.29, 0.717) is 5.25 Å². The predicted molar refractivity (Wildman–Crippen MR) is 91.4 cm³/mol. The number of hydrogen-bond acceptors (Lipinski definition) is 2. The Kier molecular flexibility index (Phi) is 3.20. The summed E-state index contributed by atoms with van der Waals surface area (Å²) < 4.78 is 12.3. The summed E-state index contributed by atoms with van der Waals surface area (Å²) in [5, 5.41) is 0.357. The highest BCUT2D eigenvalue weighted by Crippen LogP contribution is 2.71. The van der Waals surface area contributed by atoms with Gasteiger partial charge in [0.2, 0.25) is 4.46 Å². The maximum atomic E-state index is 13.3. The second-order valence-electron chi connectivity index (χ2n) is 5.84. The first kappa shape index (κ1) is 14.7. The average molecular weight is 354 g/mol. The van der Waals surface area contributed by atoms with Crippen LogP contribution in [0, 0.1) is 5.82 Å². The number of alkyl halides is 2. The largest absolute Gasteiger partial charge is 0.322 e. The van der Waals surface area contributed by atoms with E-state index in [1.165, 1.54) is 17.0 Å². The lowest BCUT2D eigenvalue weighted by Crippen LogP contribution is -2.21. The summed E-state index contributed by atoms with van der Waals surface area (Å²) in [6, 6.07) is 14.7. The van der Waals surface area contributed by atoms with Gasteiger partial charge in [0.25, 0.3) is 0 Å². The lowest BCUT2D eigenvalue weighted by atomic mass is 9.93. The van der Waals surface area contributed by atoms with Crippen LogP contribution in [0.2, 0.25) is 0 Å². The molecule has 2 aliphatic heterocycles. The molecule has 0 bridgehead atoms. The Hall–Kier alpha value is -0.900. The van der Waals surface area contributed by atoms with Gasteiger partial charge in [-0.2, -0.15) is 0 Å². The van der Waals surface area contributed by atoms with E-state index in [0.717, 1.165) is 17.7 Å². The van der Waals surface area contributed by atoms with Crippen molar-refractivity contribution in [2.24, 2.45) is 0 Å². The maximum absolute atomic E-state index is 13.3. The molecule has 0 N–H and O–H groups in total. The van der Waals surface area contributed by atoms with Gasteiger partial charge in [-0.25, -0.2) is 4.39 Å². The van der Waals surface area contributed by atoms with E-state index < -0.39 is 10.00 Å². The number of anilines is 1. The monoisotopic (exact) mass is 353 g/mol. The number of halogens is 3.